The normalized spacial score (nSPS) is 15.5. The second-order valence-corrected chi connectivity index (χ2v) is 8.86. The molecule has 1 saturated heterocycles. The zero-order valence-corrected chi connectivity index (χ0v) is 17.0. The van der Waals surface area contributed by atoms with Crippen molar-refractivity contribution < 1.29 is 12.3 Å². The minimum Gasteiger partial charge on any atom is -0.369 e. The van der Waals surface area contributed by atoms with Gasteiger partial charge in [-0.25, -0.2) is 0 Å². The summed E-state index contributed by atoms with van der Waals surface area (Å²) in [6.07, 6.45) is 0. The van der Waals surface area contributed by atoms with E-state index in [9.17, 15) is 12.3 Å². The number of thiol groups is 2. The van der Waals surface area contributed by atoms with Gasteiger partial charge in [0.25, 0.3) is 0 Å². The van der Waals surface area contributed by atoms with Gasteiger partial charge in [0, 0.05) is 43.0 Å². The number of piperazine rings is 1. The van der Waals surface area contributed by atoms with Crippen molar-refractivity contribution in [3.63, 3.8) is 0 Å². The second-order valence-electron chi connectivity index (χ2n) is 6.13. The van der Waals surface area contributed by atoms with E-state index in [1.54, 1.807) is 0 Å². The molecule has 0 saturated carbocycles. The third kappa shape index (κ3) is 5.42. The summed E-state index contributed by atoms with van der Waals surface area (Å²) in [7, 11) is -4.67. The van der Waals surface area contributed by atoms with Crippen molar-refractivity contribution >= 4 is 41.2 Å². The Morgan fingerprint density at radius 3 is 1.78 bits per heavy atom. The lowest BCUT2D eigenvalue weighted by atomic mass is 10.1. The molecule has 8 heteroatoms. The summed E-state index contributed by atoms with van der Waals surface area (Å²) in [4.78, 5) is 4.16. The third-order valence-electron chi connectivity index (χ3n) is 4.36. The maximum atomic E-state index is 12.9. The highest BCUT2D eigenvalue weighted by atomic mass is 32.3. The fourth-order valence-electron chi connectivity index (χ4n) is 2.81. The van der Waals surface area contributed by atoms with E-state index in [1.807, 2.05) is 24.3 Å². The summed E-state index contributed by atoms with van der Waals surface area (Å²) in [5, 5.41) is 0. The number of hydrogen-bond acceptors (Lipinski definition) is 6. The van der Waals surface area contributed by atoms with Crippen LogP contribution < -0.4 is 4.90 Å². The lowest BCUT2D eigenvalue weighted by molar-refractivity contribution is 0.287. The van der Waals surface area contributed by atoms with Crippen LogP contribution in [-0.2, 0) is 10.2 Å². The lowest BCUT2D eigenvalue weighted by Gasteiger charge is -2.37. The summed E-state index contributed by atoms with van der Waals surface area (Å²) in [6, 6.07) is 13.4. The summed E-state index contributed by atoms with van der Waals surface area (Å²) < 4.78 is 34.5. The van der Waals surface area contributed by atoms with Crippen LogP contribution in [0.5, 0.6) is 0 Å². The van der Waals surface area contributed by atoms with Gasteiger partial charge in [-0.2, -0.15) is 8.42 Å². The van der Waals surface area contributed by atoms with Crippen LogP contribution in [0.4, 0.5) is 9.57 Å². The monoisotopic (exact) mass is 422 g/mol. The first-order valence-corrected chi connectivity index (χ1v) is 10.8. The maximum Gasteiger partial charge on any atom is 0.332 e. The van der Waals surface area contributed by atoms with Crippen LogP contribution >= 0.6 is 25.3 Å². The Kier molecular flexibility index (Phi) is 6.37. The minimum atomic E-state index is -4.67. The van der Waals surface area contributed by atoms with E-state index in [1.165, 1.54) is 24.3 Å². The molecule has 2 aromatic carbocycles. The molecule has 0 amide bonds. The van der Waals surface area contributed by atoms with Gasteiger partial charge in [0.1, 0.15) is 0 Å². The van der Waals surface area contributed by atoms with Crippen LogP contribution in [0.3, 0.4) is 0 Å². The molecule has 4 nitrogen and oxygen atoms in total. The first kappa shape index (κ1) is 20.1. The number of rotatable bonds is 3. The highest BCUT2D eigenvalue weighted by molar-refractivity contribution is 7.99. The topological polar surface area (TPSA) is 40.6 Å². The number of hydrogen-bond donors (Lipinski definition) is 2. The molecule has 0 spiro atoms. The van der Waals surface area contributed by atoms with Crippen LogP contribution in [0, 0.1) is 11.8 Å². The average molecular weight is 423 g/mol. The maximum absolute atomic E-state index is 12.9. The van der Waals surface area contributed by atoms with Gasteiger partial charge in [-0.1, -0.05) is 11.8 Å². The van der Waals surface area contributed by atoms with Crippen LogP contribution in [0.1, 0.15) is 11.1 Å². The SMILES string of the molecule is O=S(=O)(F)c1ccc(C#Cc2ccc(N3CCN(C(S)S)CC3)cc2)cc1. The lowest BCUT2D eigenvalue weighted by Crippen LogP contribution is -2.47. The van der Waals surface area contributed by atoms with Crippen LogP contribution in [0.15, 0.2) is 53.4 Å². The van der Waals surface area contributed by atoms with Crippen molar-refractivity contribution in [2.75, 3.05) is 31.1 Å². The van der Waals surface area contributed by atoms with E-state index < -0.39 is 10.2 Å². The summed E-state index contributed by atoms with van der Waals surface area (Å²) in [6.45, 7) is 3.69. The molecular weight excluding hydrogens is 403 g/mol. The molecule has 1 fully saturated rings. The molecule has 2 aromatic rings. The molecule has 3 rings (SSSR count). The first-order valence-electron chi connectivity index (χ1n) is 8.35. The molecule has 27 heavy (non-hydrogen) atoms. The van der Waals surface area contributed by atoms with Gasteiger partial charge < -0.3 is 4.90 Å². The standard InChI is InChI=1S/C19H19FN2O2S3/c20-27(23,24)18-9-5-16(6-10-18)2-1-15-3-7-17(8-4-15)21-11-13-22(14-12-21)19(25)26/h3-10,19,25-26H,11-14H2. The third-order valence-corrected chi connectivity index (χ3v) is 5.85. The molecule has 1 aliphatic rings. The van der Waals surface area contributed by atoms with Gasteiger partial charge in [0.15, 0.2) is 0 Å². The van der Waals surface area contributed by atoms with Crippen molar-refractivity contribution in [1.29, 1.82) is 0 Å². The van der Waals surface area contributed by atoms with Crippen LogP contribution in [-0.4, -0.2) is 44.2 Å². The van der Waals surface area contributed by atoms with E-state index in [-0.39, 0.29) is 9.60 Å². The Morgan fingerprint density at radius 2 is 1.33 bits per heavy atom. The van der Waals surface area contributed by atoms with Gasteiger partial charge in [-0.3, -0.25) is 4.90 Å². The Balaban J connectivity index is 1.64. The van der Waals surface area contributed by atoms with E-state index >= 15 is 0 Å². The van der Waals surface area contributed by atoms with Crippen LogP contribution in [0.2, 0.25) is 0 Å². The van der Waals surface area contributed by atoms with Crippen molar-refractivity contribution in [3.8, 4) is 11.8 Å². The predicted octanol–water partition coefficient (Wildman–Crippen LogP) is 3.01. The van der Waals surface area contributed by atoms with Gasteiger partial charge >= 0.3 is 10.2 Å². The van der Waals surface area contributed by atoms with Gasteiger partial charge in [0.05, 0.1) is 9.60 Å². The molecule has 0 aromatic heterocycles. The predicted molar refractivity (Wildman–Crippen MR) is 113 cm³/mol. The summed E-state index contributed by atoms with van der Waals surface area (Å²) in [5.41, 5.74) is 2.62. The molecular formula is C19H19FN2O2S3. The molecule has 0 radical (unpaired) electrons. The van der Waals surface area contributed by atoms with E-state index in [4.69, 9.17) is 0 Å². The molecule has 0 bridgehead atoms. The minimum absolute atomic E-state index is 0.0242. The average Bonchev–Trinajstić information content (AvgIpc) is 2.66. The second kappa shape index (κ2) is 8.57. The Labute approximate surface area is 170 Å². The highest BCUT2D eigenvalue weighted by Gasteiger charge is 2.19. The largest absolute Gasteiger partial charge is 0.369 e. The quantitative estimate of drug-likeness (QED) is 0.345. The fraction of sp³-hybridized carbons (Fsp3) is 0.263. The Hall–Kier alpha value is -1.66. The smallest absolute Gasteiger partial charge is 0.332 e. The Morgan fingerprint density at radius 1 is 0.852 bits per heavy atom. The number of benzene rings is 2. The molecule has 0 N–H and O–H groups in total. The number of halogens is 1. The van der Waals surface area contributed by atoms with Gasteiger partial charge in [0.2, 0.25) is 0 Å². The highest BCUT2D eigenvalue weighted by Crippen LogP contribution is 2.19. The van der Waals surface area contributed by atoms with Crippen molar-refractivity contribution in [3.05, 3.63) is 59.7 Å². The van der Waals surface area contributed by atoms with Gasteiger partial charge in [-0.05, 0) is 48.5 Å². The number of anilines is 1. The van der Waals surface area contributed by atoms with Crippen molar-refractivity contribution in [1.82, 2.24) is 4.90 Å². The zero-order chi connectivity index (χ0) is 19.4. The Bertz CT molecular complexity index is 941. The van der Waals surface area contributed by atoms with Crippen LogP contribution in [0.25, 0.3) is 0 Å². The first-order chi connectivity index (χ1) is 12.8. The number of nitrogens with zero attached hydrogens (tertiary/aromatic N) is 2. The fourth-order valence-corrected chi connectivity index (χ4v) is 3.73. The molecule has 0 unspecified atom stereocenters. The molecule has 1 heterocycles. The summed E-state index contributed by atoms with van der Waals surface area (Å²) in [5.74, 6) is 5.98. The van der Waals surface area contributed by atoms with Crippen molar-refractivity contribution in [2.45, 2.75) is 9.60 Å². The van der Waals surface area contributed by atoms with E-state index in [0.717, 1.165) is 37.4 Å². The van der Waals surface area contributed by atoms with Gasteiger partial charge in [-0.15, -0.1) is 29.1 Å². The summed E-state index contributed by atoms with van der Waals surface area (Å²) >= 11 is 8.70. The van der Waals surface area contributed by atoms with E-state index in [0.29, 0.717) is 5.56 Å². The zero-order valence-electron chi connectivity index (χ0n) is 14.4. The van der Waals surface area contributed by atoms with Crippen molar-refractivity contribution in [2.24, 2.45) is 0 Å². The molecule has 0 atom stereocenters. The molecule has 1 aliphatic heterocycles. The molecule has 142 valence electrons. The van der Waals surface area contributed by atoms with E-state index in [2.05, 4.69) is 46.9 Å². The molecule has 0 aliphatic carbocycles.